The van der Waals surface area contributed by atoms with E-state index < -0.39 is 0 Å². The summed E-state index contributed by atoms with van der Waals surface area (Å²) in [6.45, 7) is 0.809. The van der Waals surface area contributed by atoms with Gasteiger partial charge in [0.15, 0.2) is 0 Å². The molecule has 26 heavy (non-hydrogen) atoms. The molecule has 0 radical (unpaired) electrons. The quantitative estimate of drug-likeness (QED) is 0.494. The molecule has 3 heterocycles. The van der Waals surface area contributed by atoms with Gasteiger partial charge in [-0.2, -0.15) is 0 Å². The Morgan fingerprint density at radius 1 is 1.19 bits per heavy atom. The SMILES string of the molecule is NC1CCCCCCC1c1cc2nc(Cl)cc(NCc3cccs3)c2s1. The molecule has 3 aromatic heterocycles. The number of thiophene rings is 2. The molecule has 138 valence electrons. The van der Waals surface area contributed by atoms with Crippen molar-refractivity contribution in [3.05, 3.63) is 44.6 Å². The molecule has 0 saturated heterocycles. The molecule has 1 saturated carbocycles. The highest BCUT2D eigenvalue weighted by Gasteiger charge is 2.24. The number of halogens is 1. The summed E-state index contributed by atoms with van der Waals surface area (Å²) in [5.41, 5.74) is 8.60. The maximum absolute atomic E-state index is 6.54. The van der Waals surface area contributed by atoms with Gasteiger partial charge in [0.2, 0.25) is 0 Å². The fraction of sp³-hybridized carbons (Fsp3) is 0.450. The first-order valence-electron chi connectivity index (χ1n) is 9.32. The van der Waals surface area contributed by atoms with E-state index in [4.69, 9.17) is 17.3 Å². The van der Waals surface area contributed by atoms with Crippen molar-refractivity contribution >= 4 is 50.2 Å². The minimum atomic E-state index is 0.251. The van der Waals surface area contributed by atoms with E-state index in [9.17, 15) is 0 Å². The fourth-order valence-corrected chi connectivity index (χ4v) is 5.93. The Morgan fingerprint density at radius 2 is 2.04 bits per heavy atom. The number of hydrogen-bond donors (Lipinski definition) is 2. The fourth-order valence-electron chi connectivity index (χ4n) is 3.78. The van der Waals surface area contributed by atoms with Crippen LogP contribution in [0.2, 0.25) is 5.15 Å². The lowest BCUT2D eigenvalue weighted by atomic mass is 9.86. The third-order valence-corrected chi connectivity index (χ3v) is 7.54. The Hall–Kier alpha value is -1.14. The van der Waals surface area contributed by atoms with Gasteiger partial charge >= 0.3 is 0 Å². The van der Waals surface area contributed by atoms with Crippen molar-refractivity contribution < 1.29 is 0 Å². The molecule has 0 aromatic carbocycles. The van der Waals surface area contributed by atoms with Gasteiger partial charge in [-0.05, 0) is 30.4 Å². The van der Waals surface area contributed by atoms with E-state index in [2.05, 4.69) is 33.9 Å². The molecule has 2 unspecified atom stereocenters. The third kappa shape index (κ3) is 4.06. The van der Waals surface area contributed by atoms with Crippen molar-refractivity contribution in [3.63, 3.8) is 0 Å². The minimum Gasteiger partial charge on any atom is -0.379 e. The van der Waals surface area contributed by atoms with Gasteiger partial charge in [-0.3, -0.25) is 0 Å². The summed E-state index contributed by atoms with van der Waals surface area (Å²) in [5.74, 6) is 0.443. The predicted octanol–water partition coefficient (Wildman–Crippen LogP) is 6.39. The number of nitrogens with one attached hydrogen (secondary N) is 1. The first kappa shape index (κ1) is 18.2. The summed E-state index contributed by atoms with van der Waals surface area (Å²) in [5, 5.41) is 6.19. The molecular weight excluding hydrogens is 382 g/mol. The van der Waals surface area contributed by atoms with Crippen LogP contribution >= 0.6 is 34.3 Å². The van der Waals surface area contributed by atoms with E-state index >= 15 is 0 Å². The van der Waals surface area contributed by atoms with Gasteiger partial charge in [0.05, 0.1) is 15.9 Å². The average Bonchev–Trinajstić information content (AvgIpc) is 3.25. The van der Waals surface area contributed by atoms with Crippen molar-refractivity contribution in [2.75, 3.05) is 5.32 Å². The highest BCUT2D eigenvalue weighted by molar-refractivity contribution is 7.19. The zero-order valence-electron chi connectivity index (χ0n) is 14.7. The van der Waals surface area contributed by atoms with Crippen molar-refractivity contribution in [2.45, 2.75) is 57.0 Å². The second kappa shape index (κ2) is 8.26. The first-order valence-corrected chi connectivity index (χ1v) is 11.4. The van der Waals surface area contributed by atoms with Crippen molar-refractivity contribution in [1.82, 2.24) is 4.98 Å². The molecule has 0 aliphatic heterocycles. The normalized spacial score (nSPS) is 21.5. The van der Waals surface area contributed by atoms with Crippen LogP contribution in [0, 0.1) is 0 Å². The van der Waals surface area contributed by atoms with Crippen molar-refractivity contribution in [3.8, 4) is 0 Å². The highest BCUT2D eigenvalue weighted by Crippen LogP contribution is 2.40. The molecule has 0 spiro atoms. The molecule has 2 atom stereocenters. The third-order valence-electron chi connectivity index (χ3n) is 5.18. The average molecular weight is 406 g/mol. The molecule has 0 amide bonds. The van der Waals surface area contributed by atoms with E-state index in [-0.39, 0.29) is 6.04 Å². The Balaban J connectivity index is 1.63. The molecule has 1 aliphatic rings. The van der Waals surface area contributed by atoms with E-state index in [1.165, 1.54) is 46.6 Å². The molecule has 6 heteroatoms. The molecular formula is C20H24ClN3S2. The van der Waals surface area contributed by atoms with Gasteiger partial charge in [0.1, 0.15) is 5.15 Å². The van der Waals surface area contributed by atoms with Crippen molar-refractivity contribution in [2.24, 2.45) is 5.73 Å². The van der Waals surface area contributed by atoms with Crippen LogP contribution in [0.25, 0.3) is 10.2 Å². The summed E-state index contributed by atoms with van der Waals surface area (Å²) in [6, 6.07) is 8.63. The van der Waals surface area contributed by atoms with Gasteiger partial charge < -0.3 is 11.1 Å². The van der Waals surface area contributed by atoms with Crippen LogP contribution in [-0.2, 0) is 6.54 Å². The lowest BCUT2D eigenvalue weighted by Gasteiger charge is -2.25. The smallest absolute Gasteiger partial charge is 0.131 e. The second-order valence-electron chi connectivity index (χ2n) is 7.05. The number of aromatic nitrogens is 1. The van der Waals surface area contributed by atoms with Crippen LogP contribution in [-0.4, -0.2) is 11.0 Å². The van der Waals surface area contributed by atoms with Crippen LogP contribution < -0.4 is 11.1 Å². The topological polar surface area (TPSA) is 50.9 Å². The van der Waals surface area contributed by atoms with Crippen LogP contribution in [0.3, 0.4) is 0 Å². The summed E-state index contributed by atoms with van der Waals surface area (Å²) in [7, 11) is 0. The van der Waals surface area contributed by atoms with E-state index in [0.717, 1.165) is 24.2 Å². The van der Waals surface area contributed by atoms with Gasteiger partial charge in [-0.15, -0.1) is 22.7 Å². The molecule has 3 aromatic rings. The van der Waals surface area contributed by atoms with Crippen LogP contribution in [0.4, 0.5) is 5.69 Å². The number of anilines is 1. The van der Waals surface area contributed by atoms with E-state index in [0.29, 0.717) is 11.1 Å². The van der Waals surface area contributed by atoms with E-state index in [1.54, 1.807) is 11.3 Å². The molecule has 1 fully saturated rings. The van der Waals surface area contributed by atoms with Gasteiger partial charge in [0.25, 0.3) is 0 Å². The van der Waals surface area contributed by atoms with Gasteiger partial charge in [-0.1, -0.05) is 43.4 Å². The Bertz CT molecular complexity index is 859. The number of rotatable bonds is 4. The van der Waals surface area contributed by atoms with Gasteiger partial charge in [0, 0.05) is 34.3 Å². The molecule has 1 aliphatic carbocycles. The minimum absolute atomic E-state index is 0.251. The zero-order chi connectivity index (χ0) is 17.9. The predicted molar refractivity (Wildman–Crippen MR) is 115 cm³/mol. The Morgan fingerprint density at radius 3 is 2.85 bits per heavy atom. The standard InChI is InChI=1S/C20H24ClN3S2/c21-19-11-16(23-12-13-6-5-9-25-13)20-17(24-19)10-18(26-20)14-7-3-1-2-4-8-15(14)22/h5-6,9-11,14-15H,1-4,7-8,12,22H2,(H,23,24). The largest absolute Gasteiger partial charge is 0.379 e. The molecule has 3 nitrogen and oxygen atoms in total. The summed E-state index contributed by atoms with van der Waals surface area (Å²) >= 11 is 9.88. The maximum Gasteiger partial charge on any atom is 0.131 e. The molecule has 4 rings (SSSR count). The number of nitrogens with two attached hydrogens (primary N) is 1. The summed E-state index contributed by atoms with van der Waals surface area (Å²) in [6.07, 6.45) is 7.47. The number of fused-ring (bicyclic) bond motifs is 1. The number of hydrogen-bond acceptors (Lipinski definition) is 5. The molecule has 0 bridgehead atoms. The first-order chi connectivity index (χ1) is 12.7. The van der Waals surface area contributed by atoms with Gasteiger partial charge in [-0.25, -0.2) is 4.98 Å². The van der Waals surface area contributed by atoms with Crippen LogP contribution in [0.1, 0.15) is 54.2 Å². The maximum atomic E-state index is 6.54. The monoisotopic (exact) mass is 405 g/mol. The second-order valence-corrected chi connectivity index (χ2v) is 9.55. The van der Waals surface area contributed by atoms with Crippen LogP contribution in [0.5, 0.6) is 0 Å². The lowest BCUT2D eigenvalue weighted by molar-refractivity contribution is 0.408. The zero-order valence-corrected chi connectivity index (χ0v) is 17.1. The number of nitrogens with zero attached hydrogens (tertiary/aromatic N) is 1. The number of pyridine rings is 1. The van der Waals surface area contributed by atoms with Crippen molar-refractivity contribution in [1.29, 1.82) is 0 Å². The Kier molecular flexibility index (Phi) is 5.79. The van der Waals surface area contributed by atoms with Crippen LogP contribution in [0.15, 0.2) is 29.6 Å². The lowest BCUT2D eigenvalue weighted by Crippen LogP contribution is -2.28. The summed E-state index contributed by atoms with van der Waals surface area (Å²) < 4.78 is 1.19. The highest BCUT2D eigenvalue weighted by atomic mass is 35.5. The summed E-state index contributed by atoms with van der Waals surface area (Å²) in [4.78, 5) is 7.24. The Labute approximate surface area is 167 Å². The molecule has 3 N–H and O–H groups in total. The van der Waals surface area contributed by atoms with E-state index in [1.807, 2.05) is 17.4 Å².